The number of amides is 1. The summed E-state index contributed by atoms with van der Waals surface area (Å²) >= 11 is 0. The molecular weight excluding hydrogens is 166 g/mol. The largest absolute Gasteiger partial charge is 0.397 e. The monoisotopic (exact) mass is 177 g/mol. The van der Waals surface area contributed by atoms with Gasteiger partial charge >= 0.3 is 0 Å². The Bertz CT molecular complexity index is 358. The second-order valence-corrected chi connectivity index (χ2v) is 2.66. The van der Waals surface area contributed by atoms with Gasteiger partial charge in [0, 0.05) is 11.8 Å². The Morgan fingerprint density at radius 1 is 1.54 bits per heavy atom. The van der Waals surface area contributed by atoms with E-state index in [1.54, 1.807) is 12.1 Å². The van der Waals surface area contributed by atoms with Gasteiger partial charge in [0.2, 0.25) is 5.91 Å². The van der Waals surface area contributed by atoms with E-state index in [0.717, 1.165) is 5.69 Å². The number of pyridine rings is 1. The van der Waals surface area contributed by atoms with Gasteiger partial charge in [-0.3, -0.25) is 9.78 Å². The second-order valence-electron chi connectivity index (χ2n) is 2.66. The van der Waals surface area contributed by atoms with E-state index in [1.807, 2.05) is 6.92 Å². The Balaban J connectivity index is 3.00. The van der Waals surface area contributed by atoms with Gasteiger partial charge < -0.3 is 11.5 Å². The predicted octanol–water partition coefficient (Wildman–Crippen LogP) is 0.471. The number of aromatic nitrogens is 1. The molecule has 0 atom stereocenters. The molecule has 0 bridgehead atoms. The summed E-state index contributed by atoms with van der Waals surface area (Å²) in [4.78, 5) is 14.6. The molecule has 1 amide bonds. The quantitative estimate of drug-likeness (QED) is 0.644. The third-order valence-electron chi connectivity index (χ3n) is 1.50. The fourth-order valence-electron chi connectivity index (χ4n) is 0.882. The van der Waals surface area contributed by atoms with Crippen LogP contribution in [0.25, 0.3) is 6.08 Å². The Labute approximate surface area is 76.3 Å². The fraction of sp³-hybridized carbons (Fsp3) is 0.111. The summed E-state index contributed by atoms with van der Waals surface area (Å²) in [6.45, 7) is 1.85. The molecule has 4 nitrogen and oxygen atoms in total. The maximum absolute atomic E-state index is 10.4. The summed E-state index contributed by atoms with van der Waals surface area (Å²) in [7, 11) is 0. The van der Waals surface area contributed by atoms with Crippen LogP contribution in [0.1, 0.15) is 11.4 Å². The molecule has 1 aromatic rings. The van der Waals surface area contributed by atoms with Gasteiger partial charge in [0.25, 0.3) is 0 Å². The molecule has 0 saturated heterocycles. The molecule has 1 rings (SSSR count). The lowest BCUT2D eigenvalue weighted by Gasteiger charge is -1.99. The van der Waals surface area contributed by atoms with Crippen molar-refractivity contribution in [2.75, 3.05) is 5.73 Å². The van der Waals surface area contributed by atoms with Crippen molar-refractivity contribution >= 4 is 17.7 Å². The third-order valence-corrected chi connectivity index (χ3v) is 1.50. The fourth-order valence-corrected chi connectivity index (χ4v) is 0.882. The number of aryl methyl sites for hydroxylation is 1. The highest BCUT2D eigenvalue weighted by molar-refractivity contribution is 5.90. The van der Waals surface area contributed by atoms with Crippen molar-refractivity contribution < 1.29 is 4.79 Å². The standard InChI is InChI=1S/C9H11N3O/c1-6-2-3-7(10)8(12-6)4-5-9(11)13/h2-5H,10H2,1H3,(H2,11,13). The summed E-state index contributed by atoms with van der Waals surface area (Å²) in [5.74, 6) is -0.511. The molecule has 0 aliphatic rings. The van der Waals surface area contributed by atoms with Crippen molar-refractivity contribution in [1.29, 1.82) is 0 Å². The molecule has 0 spiro atoms. The highest BCUT2D eigenvalue weighted by Gasteiger charge is 1.96. The van der Waals surface area contributed by atoms with Crippen molar-refractivity contribution in [2.45, 2.75) is 6.92 Å². The first-order chi connectivity index (χ1) is 6.09. The van der Waals surface area contributed by atoms with Crippen molar-refractivity contribution in [3.8, 4) is 0 Å². The normalized spacial score (nSPS) is 10.5. The zero-order chi connectivity index (χ0) is 9.84. The summed E-state index contributed by atoms with van der Waals surface area (Å²) < 4.78 is 0. The number of rotatable bonds is 2. The number of nitrogen functional groups attached to an aromatic ring is 1. The van der Waals surface area contributed by atoms with Gasteiger partial charge in [-0.2, -0.15) is 0 Å². The molecule has 4 heteroatoms. The molecule has 68 valence electrons. The van der Waals surface area contributed by atoms with Crippen LogP contribution in [0.3, 0.4) is 0 Å². The van der Waals surface area contributed by atoms with E-state index in [0.29, 0.717) is 11.4 Å². The Hall–Kier alpha value is -1.84. The van der Waals surface area contributed by atoms with Gasteiger partial charge in [-0.05, 0) is 25.1 Å². The first-order valence-electron chi connectivity index (χ1n) is 3.80. The first kappa shape index (κ1) is 9.25. The van der Waals surface area contributed by atoms with Crippen molar-refractivity contribution in [2.24, 2.45) is 5.73 Å². The van der Waals surface area contributed by atoms with E-state index in [4.69, 9.17) is 11.5 Å². The van der Waals surface area contributed by atoms with Gasteiger partial charge in [-0.15, -0.1) is 0 Å². The average Bonchev–Trinajstić information content (AvgIpc) is 2.06. The molecule has 0 unspecified atom stereocenters. The second kappa shape index (κ2) is 3.71. The molecular formula is C9H11N3O. The van der Waals surface area contributed by atoms with Crippen molar-refractivity contribution in [3.63, 3.8) is 0 Å². The minimum atomic E-state index is -0.511. The number of carbonyl (C=O) groups is 1. The van der Waals surface area contributed by atoms with E-state index in [9.17, 15) is 4.79 Å². The minimum absolute atomic E-state index is 0.511. The molecule has 0 saturated carbocycles. The predicted molar refractivity (Wildman–Crippen MR) is 51.6 cm³/mol. The van der Waals surface area contributed by atoms with E-state index in [2.05, 4.69) is 4.98 Å². The summed E-state index contributed by atoms with van der Waals surface area (Å²) in [6.07, 6.45) is 2.74. The van der Waals surface area contributed by atoms with Crippen molar-refractivity contribution in [1.82, 2.24) is 4.98 Å². The number of primary amides is 1. The number of nitrogens with two attached hydrogens (primary N) is 2. The summed E-state index contributed by atoms with van der Waals surface area (Å²) in [6, 6.07) is 3.54. The number of carbonyl (C=O) groups excluding carboxylic acids is 1. The smallest absolute Gasteiger partial charge is 0.241 e. The van der Waals surface area contributed by atoms with Gasteiger partial charge in [0.15, 0.2) is 0 Å². The lowest BCUT2D eigenvalue weighted by molar-refractivity contribution is -0.113. The maximum atomic E-state index is 10.4. The number of nitrogens with zero attached hydrogens (tertiary/aromatic N) is 1. The maximum Gasteiger partial charge on any atom is 0.241 e. The van der Waals surface area contributed by atoms with Crippen LogP contribution >= 0.6 is 0 Å². The average molecular weight is 177 g/mol. The van der Waals surface area contributed by atoms with Gasteiger partial charge in [-0.1, -0.05) is 0 Å². The Morgan fingerprint density at radius 3 is 2.85 bits per heavy atom. The van der Waals surface area contributed by atoms with Gasteiger partial charge in [0.05, 0.1) is 11.4 Å². The van der Waals surface area contributed by atoms with E-state index in [1.165, 1.54) is 12.2 Å². The number of anilines is 1. The van der Waals surface area contributed by atoms with Crippen LogP contribution in [0.4, 0.5) is 5.69 Å². The zero-order valence-corrected chi connectivity index (χ0v) is 7.32. The van der Waals surface area contributed by atoms with Crippen LogP contribution in [0.15, 0.2) is 18.2 Å². The molecule has 0 aliphatic carbocycles. The molecule has 0 radical (unpaired) electrons. The van der Waals surface area contributed by atoms with Crippen LogP contribution in [-0.4, -0.2) is 10.9 Å². The SMILES string of the molecule is Cc1ccc(N)c(C=CC(N)=O)n1. The highest BCUT2D eigenvalue weighted by Crippen LogP contribution is 2.10. The van der Waals surface area contributed by atoms with Gasteiger partial charge in [-0.25, -0.2) is 0 Å². The van der Waals surface area contributed by atoms with Crippen molar-refractivity contribution in [3.05, 3.63) is 29.6 Å². The Kier molecular flexibility index (Phi) is 2.64. The van der Waals surface area contributed by atoms with E-state index < -0.39 is 5.91 Å². The number of hydrogen-bond donors (Lipinski definition) is 2. The third kappa shape index (κ3) is 2.59. The van der Waals surface area contributed by atoms with Crippen LogP contribution in [-0.2, 0) is 4.79 Å². The van der Waals surface area contributed by atoms with Gasteiger partial charge in [0.1, 0.15) is 0 Å². The van der Waals surface area contributed by atoms with E-state index in [-0.39, 0.29) is 0 Å². The molecule has 1 aromatic heterocycles. The van der Waals surface area contributed by atoms with Crippen LogP contribution in [0.2, 0.25) is 0 Å². The first-order valence-corrected chi connectivity index (χ1v) is 3.80. The van der Waals surface area contributed by atoms with Crippen LogP contribution in [0, 0.1) is 6.92 Å². The molecule has 0 aliphatic heterocycles. The molecule has 0 aromatic carbocycles. The molecule has 13 heavy (non-hydrogen) atoms. The van der Waals surface area contributed by atoms with E-state index >= 15 is 0 Å². The Morgan fingerprint density at radius 2 is 2.23 bits per heavy atom. The lowest BCUT2D eigenvalue weighted by atomic mass is 10.2. The topological polar surface area (TPSA) is 82.0 Å². The van der Waals surface area contributed by atoms with Crippen LogP contribution in [0.5, 0.6) is 0 Å². The summed E-state index contributed by atoms with van der Waals surface area (Å²) in [5.41, 5.74) is 12.5. The highest BCUT2D eigenvalue weighted by atomic mass is 16.1. The lowest BCUT2D eigenvalue weighted by Crippen LogP contribution is -2.05. The minimum Gasteiger partial charge on any atom is -0.397 e. The molecule has 0 fully saturated rings. The van der Waals surface area contributed by atoms with Crippen LogP contribution < -0.4 is 11.5 Å². The number of hydrogen-bond acceptors (Lipinski definition) is 3. The zero-order valence-electron chi connectivity index (χ0n) is 7.32. The molecule has 4 N–H and O–H groups in total. The molecule has 1 heterocycles. The summed E-state index contributed by atoms with van der Waals surface area (Å²) in [5, 5.41) is 0.